The molecule has 0 saturated heterocycles. The smallest absolute Gasteiger partial charge is 0.382 e. The molecule has 1 fully saturated rings. The molecule has 23 heavy (non-hydrogen) atoms. The van der Waals surface area contributed by atoms with Gasteiger partial charge in [-0.2, -0.15) is 13.2 Å². The van der Waals surface area contributed by atoms with Crippen LogP contribution in [0.2, 0.25) is 0 Å². The summed E-state index contributed by atoms with van der Waals surface area (Å²) in [5.74, 6) is 0.444. The average Bonchev–Trinajstić information content (AvgIpc) is 3.15. The van der Waals surface area contributed by atoms with E-state index in [1.165, 1.54) is 12.1 Å². The monoisotopic (exact) mass is 338 g/mol. The molecule has 3 nitrogen and oxygen atoms in total. The molecule has 0 bridgehead atoms. The minimum absolute atomic E-state index is 0.444. The van der Waals surface area contributed by atoms with E-state index in [-0.39, 0.29) is 0 Å². The maximum Gasteiger partial charge on any atom is 0.416 e. The summed E-state index contributed by atoms with van der Waals surface area (Å²) in [7, 11) is 0. The van der Waals surface area contributed by atoms with Gasteiger partial charge < -0.3 is 5.11 Å². The van der Waals surface area contributed by atoms with Gasteiger partial charge in [-0.15, -0.1) is 11.3 Å². The third-order valence-corrected chi connectivity index (χ3v) is 5.37. The Bertz CT molecular complexity index is 846. The molecule has 0 radical (unpaired) electrons. The van der Waals surface area contributed by atoms with Crippen molar-refractivity contribution in [1.82, 2.24) is 9.38 Å². The second-order valence-corrected chi connectivity index (χ2v) is 6.81. The number of halogens is 3. The van der Waals surface area contributed by atoms with Crippen molar-refractivity contribution in [2.45, 2.75) is 31.0 Å². The zero-order valence-corrected chi connectivity index (χ0v) is 12.7. The lowest BCUT2D eigenvalue weighted by Crippen LogP contribution is -2.08. The van der Waals surface area contributed by atoms with E-state index < -0.39 is 17.8 Å². The summed E-state index contributed by atoms with van der Waals surface area (Å²) in [4.78, 5) is 6.12. The summed E-state index contributed by atoms with van der Waals surface area (Å²) in [5.41, 5.74) is 0.465. The molecule has 1 atom stereocenters. The predicted molar refractivity (Wildman–Crippen MR) is 80.5 cm³/mol. The van der Waals surface area contributed by atoms with Crippen molar-refractivity contribution < 1.29 is 18.3 Å². The van der Waals surface area contributed by atoms with Crippen LogP contribution in [-0.2, 0) is 6.18 Å². The Morgan fingerprint density at radius 1 is 1.22 bits per heavy atom. The van der Waals surface area contributed by atoms with E-state index >= 15 is 0 Å². The molecule has 2 heterocycles. The number of benzene rings is 1. The quantitative estimate of drug-likeness (QED) is 0.770. The van der Waals surface area contributed by atoms with E-state index in [9.17, 15) is 18.3 Å². The van der Waals surface area contributed by atoms with Crippen LogP contribution < -0.4 is 0 Å². The highest BCUT2D eigenvalue weighted by atomic mass is 32.1. The Morgan fingerprint density at radius 2 is 1.91 bits per heavy atom. The number of hydrogen-bond donors (Lipinski definition) is 1. The van der Waals surface area contributed by atoms with Gasteiger partial charge in [0.2, 0.25) is 0 Å². The summed E-state index contributed by atoms with van der Waals surface area (Å²) in [5, 5.41) is 10.7. The van der Waals surface area contributed by atoms with E-state index in [0.717, 1.165) is 40.4 Å². The van der Waals surface area contributed by atoms with Crippen molar-refractivity contribution in [2.75, 3.05) is 0 Å². The van der Waals surface area contributed by atoms with Crippen LogP contribution in [0.1, 0.15) is 46.6 Å². The maximum absolute atomic E-state index is 12.7. The zero-order chi connectivity index (χ0) is 16.2. The molecule has 0 spiro atoms. The third-order valence-electron chi connectivity index (χ3n) is 4.09. The number of rotatable bonds is 3. The van der Waals surface area contributed by atoms with Gasteiger partial charge in [-0.3, -0.25) is 4.40 Å². The first kappa shape index (κ1) is 14.7. The fraction of sp³-hybridized carbons (Fsp3) is 0.312. The van der Waals surface area contributed by atoms with Crippen LogP contribution in [0.5, 0.6) is 0 Å². The Kier molecular flexibility index (Phi) is 3.24. The van der Waals surface area contributed by atoms with Gasteiger partial charge in [0.25, 0.3) is 0 Å². The number of thiazole rings is 1. The Balaban J connectivity index is 1.75. The molecule has 1 saturated carbocycles. The molecule has 120 valence electrons. The highest BCUT2D eigenvalue weighted by molar-refractivity contribution is 7.17. The molecule has 0 amide bonds. The lowest BCUT2D eigenvalue weighted by molar-refractivity contribution is -0.137. The fourth-order valence-corrected chi connectivity index (χ4v) is 4.04. The molecule has 1 N–H and O–H groups in total. The molecule has 3 aromatic rings. The molecular formula is C16H13F3N2OS. The molecule has 1 aliphatic carbocycles. The largest absolute Gasteiger partial charge is 0.416 e. The third kappa shape index (κ3) is 2.53. The van der Waals surface area contributed by atoms with Crippen molar-refractivity contribution in [1.29, 1.82) is 0 Å². The van der Waals surface area contributed by atoms with Crippen molar-refractivity contribution >= 4 is 16.2 Å². The van der Waals surface area contributed by atoms with Gasteiger partial charge in [-0.1, -0.05) is 12.1 Å². The van der Waals surface area contributed by atoms with E-state index in [1.54, 1.807) is 23.9 Å². The van der Waals surface area contributed by atoms with Crippen LogP contribution in [0.3, 0.4) is 0 Å². The Hall–Kier alpha value is -1.86. The van der Waals surface area contributed by atoms with E-state index in [2.05, 4.69) is 4.98 Å². The highest BCUT2D eigenvalue weighted by Crippen LogP contribution is 2.47. The highest BCUT2D eigenvalue weighted by Gasteiger charge is 2.33. The summed E-state index contributed by atoms with van der Waals surface area (Å²) in [6.07, 6.45) is 0.215. The summed E-state index contributed by atoms with van der Waals surface area (Å²) < 4.78 is 39.8. The van der Waals surface area contributed by atoms with Gasteiger partial charge in [0.15, 0.2) is 0 Å². The summed E-state index contributed by atoms with van der Waals surface area (Å²) in [6.45, 7) is 0. The summed E-state index contributed by atoms with van der Waals surface area (Å²) in [6, 6.07) is 4.69. The lowest BCUT2D eigenvalue weighted by Gasteiger charge is -2.14. The van der Waals surface area contributed by atoms with E-state index in [0.29, 0.717) is 11.5 Å². The second kappa shape index (κ2) is 5.07. The number of nitrogens with zero attached hydrogens (tertiary/aromatic N) is 2. The SMILES string of the molecule is OC(c1ccc(C(F)(F)F)cc1)c1c(C2CC2)sc2cncn12. The van der Waals surface area contributed by atoms with Gasteiger partial charge in [-0.05, 0) is 36.5 Å². The molecule has 1 aliphatic rings. The number of aliphatic hydroxyl groups excluding tert-OH is 1. The number of aromatic nitrogens is 2. The van der Waals surface area contributed by atoms with Crippen molar-refractivity contribution in [2.24, 2.45) is 0 Å². The van der Waals surface area contributed by atoms with Gasteiger partial charge in [0.1, 0.15) is 17.3 Å². The average molecular weight is 338 g/mol. The van der Waals surface area contributed by atoms with Gasteiger partial charge in [-0.25, -0.2) is 4.98 Å². The van der Waals surface area contributed by atoms with Crippen LogP contribution in [0.25, 0.3) is 4.83 Å². The number of imidazole rings is 1. The van der Waals surface area contributed by atoms with Gasteiger partial charge in [0.05, 0.1) is 17.5 Å². The van der Waals surface area contributed by atoms with Crippen LogP contribution in [0.15, 0.2) is 36.8 Å². The first-order valence-corrected chi connectivity index (χ1v) is 8.06. The Labute approximate surface area is 134 Å². The molecule has 1 aromatic carbocycles. The van der Waals surface area contributed by atoms with Crippen molar-refractivity contribution in [3.63, 3.8) is 0 Å². The number of fused-ring (bicyclic) bond motifs is 1. The summed E-state index contributed by atoms with van der Waals surface area (Å²) >= 11 is 1.59. The molecule has 2 aromatic heterocycles. The molecule has 1 unspecified atom stereocenters. The van der Waals surface area contributed by atoms with Gasteiger partial charge >= 0.3 is 6.18 Å². The predicted octanol–water partition coefficient (Wildman–Crippen LogP) is 4.37. The topological polar surface area (TPSA) is 37.5 Å². The van der Waals surface area contributed by atoms with Crippen molar-refractivity contribution in [3.05, 3.63) is 58.5 Å². The van der Waals surface area contributed by atoms with Crippen LogP contribution >= 0.6 is 11.3 Å². The number of alkyl halides is 3. The van der Waals surface area contributed by atoms with Crippen LogP contribution in [0.4, 0.5) is 13.2 Å². The number of hydrogen-bond acceptors (Lipinski definition) is 3. The van der Waals surface area contributed by atoms with Crippen LogP contribution in [0, 0.1) is 0 Å². The fourth-order valence-electron chi connectivity index (χ4n) is 2.74. The second-order valence-electron chi connectivity index (χ2n) is 5.75. The normalized spacial score (nSPS) is 16.9. The molecular weight excluding hydrogens is 325 g/mol. The molecule has 4 rings (SSSR count). The Morgan fingerprint density at radius 3 is 2.52 bits per heavy atom. The van der Waals surface area contributed by atoms with E-state index in [4.69, 9.17) is 0 Å². The molecule has 7 heteroatoms. The standard InChI is InChI=1S/C16H13F3N2OS/c17-16(18,19)11-5-3-9(4-6-11)14(22)13-15(10-1-2-10)23-12-7-20-8-21(12)13/h3-8,10,14,22H,1-2H2. The minimum Gasteiger partial charge on any atom is -0.382 e. The van der Waals surface area contributed by atoms with Crippen LogP contribution in [-0.4, -0.2) is 14.5 Å². The van der Waals surface area contributed by atoms with E-state index in [1.807, 2.05) is 4.40 Å². The first-order chi connectivity index (χ1) is 10.9. The molecule has 0 aliphatic heterocycles. The van der Waals surface area contributed by atoms with Gasteiger partial charge in [0, 0.05) is 4.88 Å². The zero-order valence-electron chi connectivity index (χ0n) is 11.9. The van der Waals surface area contributed by atoms with Crippen molar-refractivity contribution in [3.8, 4) is 0 Å². The lowest BCUT2D eigenvalue weighted by atomic mass is 10.0. The first-order valence-electron chi connectivity index (χ1n) is 7.25. The maximum atomic E-state index is 12.7. The minimum atomic E-state index is -4.37. The number of aliphatic hydroxyl groups is 1.